The second-order valence-corrected chi connectivity index (χ2v) is 11.9. The lowest BCUT2D eigenvalue weighted by Gasteiger charge is -2.03. The number of hydrogen-bond acceptors (Lipinski definition) is 6. The number of carbonyl (C=O) groups excluding carboxylic acids is 2. The molecule has 4 aromatic rings. The molecule has 0 aliphatic carbocycles. The zero-order valence-electron chi connectivity index (χ0n) is 20.8. The minimum absolute atomic E-state index is 0.0229. The van der Waals surface area contributed by atoms with Crippen molar-refractivity contribution in [1.82, 2.24) is 0 Å². The Morgan fingerprint density at radius 1 is 0.692 bits per heavy atom. The molecule has 0 radical (unpaired) electrons. The smallest absolute Gasteiger partial charge is 0.173 e. The van der Waals surface area contributed by atoms with Gasteiger partial charge in [0.05, 0.1) is 24.3 Å². The first kappa shape index (κ1) is 33.5. The third-order valence-electron chi connectivity index (χ3n) is 5.00. The van der Waals surface area contributed by atoms with Crippen LogP contribution in [-0.2, 0) is 13.2 Å². The van der Waals surface area contributed by atoms with Gasteiger partial charge in [-0.25, -0.2) is 0 Å². The third-order valence-corrected chi connectivity index (χ3v) is 7.84. The quantitative estimate of drug-likeness (QED) is 0.0730. The molecule has 0 unspecified atom stereocenters. The van der Waals surface area contributed by atoms with Gasteiger partial charge in [-0.15, -0.1) is 24.4 Å². The standard InChI is InChI=1S/C15H13BrO2S.C8H6Br2O.C7H8OS/c16-13-6-4-12(5-7-13)15(18)10-19-14-3-1-2-11(8-14)9-17;9-5-8(11)6-1-3-7(10)4-2-6;8-5-6-2-1-3-7(9)4-6/h1-8,17H,9-10H2;1-4H,5H2;1-4,8-9H,5H2. The average Bonchev–Trinajstić information content (AvgIpc) is 2.97. The van der Waals surface area contributed by atoms with E-state index in [1.54, 1.807) is 12.1 Å². The monoisotopic (exact) mass is 752 g/mol. The Morgan fingerprint density at radius 3 is 1.64 bits per heavy atom. The molecule has 0 spiro atoms. The molecule has 0 saturated heterocycles. The van der Waals surface area contributed by atoms with E-state index in [1.807, 2.05) is 84.9 Å². The molecule has 39 heavy (non-hydrogen) atoms. The summed E-state index contributed by atoms with van der Waals surface area (Å²) < 4.78 is 1.95. The number of carbonyl (C=O) groups is 2. The minimum atomic E-state index is 0.0229. The van der Waals surface area contributed by atoms with Crippen LogP contribution in [-0.4, -0.2) is 32.9 Å². The van der Waals surface area contributed by atoms with E-state index in [1.165, 1.54) is 11.8 Å². The molecule has 0 heterocycles. The van der Waals surface area contributed by atoms with Crippen molar-refractivity contribution in [1.29, 1.82) is 0 Å². The van der Waals surface area contributed by atoms with Crippen molar-refractivity contribution < 1.29 is 19.8 Å². The number of rotatable bonds is 8. The van der Waals surface area contributed by atoms with E-state index in [4.69, 9.17) is 10.2 Å². The lowest BCUT2D eigenvalue weighted by molar-refractivity contribution is 0.101. The Hall–Kier alpha value is -1.72. The third kappa shape index (κ3) is 13.0. The number of alkyl halides is 1. The number of ketones is 2. The summed E-state index contributed by atoms with van der Waals surface area (Å²) in [4.78, 5) is 24.9. The summed E-state index contributed by atoms with van der Waals surface area (Å²) >= 11 is 15.3. The van der Waals surface area contributed by atoms with Gasteiger partial charge in [-0.1, -0.05) is 96.3 Å². The van der Waals surface area contributed by atoms with Gasteiger partial charge in [-0.2, -0.15) is 0 Å². The maximum absolute atomic E-state index is 12.0. The van der Waals surface area contributed by atoms with Crippen molar-refractivity contribution in [3.63, 3.8) is 0 Å². The normalized spacial score (nSPS) is 10.0. The number of Topliss-reactive ketones (excluding diaryl/α,β-unsaturated/α-hetero) is 2. The lowest BCUT2D eigenvalue weighted by Crippen LogP contribution is -2.01. The molecule has 9 heteroatoms. The summed E-state index contributed by atoms with van der Waals surface area (Å²) in [7, 11) is 0. The SMILES string of the molecule is O=C(CBr)c1ccc(Br)cc1.O=C(CSc1cccc(CO)c1)c1ccc(Br)cc1.OCc1cccc(S)c1. The second kappa shape index (κ2) is 18.6. The number of halogens is 3. The van der Waals surface area contributed by atoms with E-state index >= 15 is 0 Å². The molecule has 0 fully saturated rings. The number of benzene rings is 4. The number of thioether (sulfide) groups is 1. The first-order valence-corrected chi connectivity index (χ1v) is 15.7. The molecule has 2 N–H and O–H groups in total. The molecule has 0 aliphatic rings. The highest BCUT2D eigenvalue weighted by Gasteiger charge is 2.07. The summed E-state index contributed by atoms with van der Waals surface area (Å²) in [6.45, 7) is 0.115. The van der Waals surface area contributed by atoms with Gasteiger partial charge in [0.2, 0.25) is 0 Å². The zero-order chi connectivity index (χ0) is 28.6. The van der Waals surface area contributed by atoms with Crippen LogP contribution in [0.1, 0.15) is 31.8 Å². The van der Waals surface area contributed by atoms with Crippen LogP contribution in [0.25, 0.3) is 0 Å². The Kier molecular flexibility index (Phi) is 16.0. The van der Waals surface area contributed by atoms with Gasteiger partial charge < -0.3 is 10.2 Å². The van der Waals surface area contributed by atoms with Gasteiger partial charge in [0.1, 0.15) is 0 Å². The number of aliphatic hydroxyl groups is 2. The van der Waals surface area contributed by atoms with Crippen LogP contribution in [0.15, 0.2) is 116 Å². The van der Waals surface area contributed by atoms with Crippen molar-refractivity contribution >= 4 is 83.7 Å². The van der Waals surface area contributed by atoms with Gasteiger partial charge >= 0.3 is 0 Å². The van der Waals surface area contributed by atoms with Crippen molar-refractivity contribution in [3.05, 3.63) is 128 Å². The van der Waals surface area contributed by atoms with Crippen LogP contribution >= 0.6 is 72.2 Å². The number of thiol groups is 1. The highest BCUT2D eigenvalue weighted by atomic mass is 79.9. The van der Waals surface area contributed by atoms with Crippen molar-refractivity contribution in [2.24, 2.45) is 0 Å². The Bertz CT molecular complexity index is 1330. The molecule has 0 bridgehead atoms. The molecule has 0 saturated carbocycles. The van der Waals surface area contributed by atoms with E-state index in [2.05, 4.69) is 60.4 Å². The Morgan fingerprint density at radius 2 is 1.18 bits per heavy atom. The summed E-state index contributed by atoms with van der Waals surface area (Å²) in [6.07, 6.45) is 0. The molecular formula is C30H27Br3O4S2. The first-order chi connectivity index (χ1) is 18.7. The van der Waals surface area contributed by atoms with Gasteiger partial charge in [0.25, 0.3) is 0 Å². The summed E-state index contributed by atoms with van der Waals surface area (Å²) in [6, 6.07) is 29.7. The topological polar surface area (TPSA) is 74.6 Å². The fraction of sp³-hybridized carbons (Fsp3) is 0.133. The number of aliphatic hydroxyl groups excluding tert-OH is 2. The largest absolute Gasteiger partial charge is 0.392 e. The average molecular weight is 755 g/mol. The van der Waals surface area contributed by atoms with Gasteiger partial charge in [-0.05, 0) is 59.7 Å². The molecule has 204 valence electrons. The van der Waals surface area contributed by atoms with E-state index in [0.717, 1.165) is 35.4 Å². The van der Waals surface area contributed by atoms with Crippen LogP contribution in [0.4, 0.5) is 0 Å². The van der Waals surface area contributed by atoms with Crippen molar-refractivity contribution in [2.45, 2.75) is 23.0 Å². The van der Waals surface area contributed by atoms with Crippen molar-refractivity contribution in [3.8, 4) is 0 Å². The zero-order valence-corrected chi connectivity index (χ0v) is 27.2. The predicted octanol–water partition coefficient (Wildman–Crippen LogP) is 8.41. The number of hydrogen-bond donors (Lipinski definition) is 3. The molecule has 4 rings (SSSR count). The highest BCUT2D eigenvalue weighted by Crippen LogP contribution is 2.21. The van der Waals surface area contributed by atoms with E-state index in [0.29, 0.717) is 16.6 Å². The van der Waals surface area contributed by atoms with Crippen molar-refractivity contribution in [2.75, 3.05) is 11.1 Å². The van der Waals surface area contributed by atoms with Crippen LogP contribution in [0.3, 0.4) is 0 Å². The predicted molar refractivity (Wildman–Crippen MR) is 173 cm³/mol. The van der Waals surface area contributed by atoms with E-state index in [-0.39, 0.29) is 24.8 Å². The molecule has 0 aliphatic heterocycles. The maximum Gasteiger partial charge on any atom is 0.173 e. The summed E-state index contributed by atoms with van der Waals surface area (Å²) in [5.41, 5.74) is 3.22. The Labute approximate surface area is 264 Å². The molecule has 0 amide bonds. The fourth-order valence-electron chi connectivity index (χ4n) is 2.97. The molecule has 0 atom stereocenters. The van der Waals surface area contributed by atoms with Crippen LogP contribution in [0, 0.1) is 0 Å². The van der Waals surface area contributed by atoms with Gasteiger partial charge in [-0.3, -0.25) is 9.59 Å². The molecular weight excluding hydrogens is 728 g/mol. The summed E-state index contributed by atoms with van der Waals surface area (Å²) in [5, 5.41) is 18.1. The van der Waals surface area contributed by atoms with Crippen LogP contribution in [0.2, 0.25) is 0 Å². The Balaban J connectivity index is 0.000000226. The van der Waals surface area contributed by atoms with Crippen LogP contribution < -0.4 is 0 Å². The maximum atomic E-state index is 12.0. The summed E-state index contributed by atoms with van der Waals surface area (Å²) in [5.74, 6) is 0.612. The highest BCUT2D eigenvalue weighted by molar-refractivity contribution is 9.10. The van der Waals surface area contributed by atoms with Gasteiger partial charge in [0, 0.05) is 29.9 Å². The van der Waals surface area contributed by atoms with E-state index < -0.39 is 0 Å². The van der Waals surface area contributed by atoms with E-state index in [9.17, 15) is 9.59 Å². The minimum Gasteiger partial charge on any atom is -0.392 e. The first-order valence-electron chi connectivity index (χ1n) is 11.6. The lowest BCUT2D eigenvalue weighted by atomic mass is 10.2. The van der Waals surface area contributed by atoms with Gasteiger partial charge in [0.15, 0.2) is 11.6 Å². The fourth-order valence-corrected chi connectivity index (χ4v) is 4.95. The molecule has 4 aromatic carbocycles. The molecule has 4 nitrogen and oxygen atoms in total. The van der Waals surface area contributed by atoms with Crippen LogP contribution in [0.5, 0.6) is 0 Å². The molecule has 0 aromatic heterocycles. The second-order valence-electron chi connectivity index (χ2n) is 7.92.